The zero-order valence-corrected chi connectivity index (χ0v) is 26.2. The van der Waals surface area contributed by atoms with E-state index in [1.165, 1.54) is 42.0 Å². The number of thiophene rings is 1. The highest BCUT2D eigenvalue weighted by atomic mass is 32.1. The van der Waals surface area contributed by atoms with Gasteiger partial charge in [-0.1, -0.05) is 121 Å². The average Bonchev–Trinajstić information content (AvgIpc) is 3.72. The third-order valence-corrected chi connectivity index (χ3v) is 10.6. The van der Waals surface area contributed by atoms with E-state index in [9.17, 15) is 0 Å². The smallest absolute Gasteiger partial charge is 0.143 e. The highest BCUT2D eigenvalue weighted by molar-refractivity contribution is 7.26. The molecule has 10 rings (SSSR count). The van der Waals surface area contributed by atoms with Gasteiger partial charge in [-0.05, 0) is 58.8 Å². The Balaban J connectivity index is 1.18. The number of hydrogen-bond acceptors (Lipinski definition) is 3. The molecule has 47 heavy (non-hydrogen) atoms. The molecule has 0 saturated heterocycles. The zero-order valence-electron chi connectivity index (χ0n) is 25.4. The van der Waals surface area contributed by atoms with Gasteiger partial charge < -0.3 is 9.32 Å². The molecule has 10 aromatic rings. The van der Waals surface area contributed by atoms with E-state index in [1.807, 2.05) is 11.3 Å². The van der Waals surface area contributed by atoms with Crippen LogP contribution in [0.15, 0.2) is 168 Å². The molecule has 0 aliphatic rings. The summed E-state index contributed by atoms with van der Waals surface area (Å²) in [5.41, 5.74) is 7.53. The van der Waals surface area contributed by atoms with Crippen LogP contribution in [0.2, 0.25) is 0 Å². The summed E-state index contributed by atoms with van der Waals surface area (Å²) >= 11 is 1.85. The first-order chi connectivity index (χ1) is 23.3. The van der Waals surface area contributed by atoms with E-state index in [1.54, 1.807) is 0 Å². The Hall–Kier alpha value is -5.90. The Morgan fingerprint density at radius 1 is 0.404 bits per heavy atom. The first kappa shape index (κ1) is 26.3. The van der Waals surface area contributed by atoms with Crippen LogP contribution in [-0.4, -0.2) is 0 Å². The van der Waals surface area contributed by atoms with Gasteiger partial charge in [0.25, 0.3) is 0 Å². The molecular weight excluding hydrogens is 591 g/mol. The van der Waals surface area contributed by atoms with Crippen molar-refractivity contribution in [1.82, 2.24) is 0 Å². The molecule has 2 heterocycles. The van der Waals surface area contributed by atoms with Gasteiger partial charge in [0.1, 0.15) is 11.2 Å². The van der Waals surface area contributed by atoms with Crippen molar-refractivity contribution in [2.45, 2.75) is 0 Å². The van der Waals surface area contributed by atoms with Crippen LogP contribution in [-0.2, 0) is 0 Å². The van der Waals surface area contributed by atoms with Crippen LogP contribution in [0, 0.1) is 0 Å². The SMILES string of the molecule is c1ccc2c(N(c3ccc(-c4cccc5c4oc4c6ccccc6ccc54)cc3)c3cccc4sc5ccccc5c34)cccc2c1. The minimum absolute atomic E-state index is 0.923. The molecule has 220 valence electrons. The maximum absolute atomic E-state index is 6.69. The first-order valence-electron chi connectivity index (χ1n) is 15.9. The minimum Gasteiger partial charge on any atom is -0.455 e. The second kappa shape index (κ2) is 10.3. The standard InChI is InChI=1S/C44H27NOS/c1-3-13-32-28(10-1)12-7-18-38(32)45(39-19-9-21-41-42(39)37-15-5-6-20-40(37)47-41)31-25-22-30(23-26-31)34-16-8-17-35-36-27-24-29-11-2-4-14-33(29)44(36)46-43(34)35/h1-27H. The molecule has 0 saturated carbocycles. The van der Waals surface area contributed by atoms with Gasteiger partial charge in [0.05, 0.1) is 11.4 Å². The van der Waals surface area contributed by atoms with Gasteiger partial charge in [0.2, 0.25) is 0 Å². The third-order valence-electron chi connectivity index (χ3n) is 9.45. The average molecular weight is 618 g/mol. The molecule has 0 N–H and O–H groups in total. The quantitative estimate of drug-likeness (QED) is 0.195. The number of para-hydroxylation sites is 1. The molecule has 3 heteroatoms. The molecule has 0 unspecified atom stereocenters. The lowest BCUT2D eigenvalue weighted by molar-refractivity contribution is 0.674. The van der Waals surface area contributed by atoms with Crippen molar-refractivity contribution in [2.75, 3.05) is 4.90 Å². The van der Waals surface area contributed by atoms with Gasteiger partial charge >= 0.3 is 0 Å². The van der Waals surface area contributed by atoms with E-state index in [-0.39, 0.29) is 0 Å². The Labute approximate surface area is 275 Å². The van der Waals surface area contributed by atoms with Crippen molar-refractivity contribution >= 4 is 92.1 Å². The predicted molar refractivity (Wildman–Crippen MR) is 202 cm³/mol. The summed E-state index contributed by atoms with van der Waals surface area (Å²) in [4.78, 5) is 2.43. The van der Waals surface area contributed by atoms with Crippen LogP contribution in [0.25, 0.3) is 74.8 Å². The molecule has 2 aromatic heterocycles. The fourth-order valence-electron chi connectivity index (χ4n) is 7.30. The van der Waals surface area contributed by atoms with Gasteiger partial charge in [-0.2, -0.15) is 0 Å². The van der Waals surface area contributed by atoms with Crippen LogP contribution in [0.3, 0.4) is 0 Å². The lowest BCUT2D eigenvalue weighted by Gasteiger charge is -2.28. The number of furan rings is 1. The van der Waals surface area contributed by atoms with Gasteiger partial charge in [-0.25, -0.2) is 0 Å². The Morgan fingerprint density at radius 3 is 1.89 bits per heavy atom. The predicted octanol–water partition coefficient (Wildman–Crippen LogP) is 13.4. The monoisotopic (exact) mass is 617 g/mol. The fourth-order valence-corrected chi connectivity index (χ4v) is 8.42. The molecule has 0 aliphatic heterocycles. The van der Waals surface area contributed by atoms with Crippen LogP contribution in [0.4, 0.5) is 17.1 Å². The molecule has 8 aromatic carbocycles. The Kier molecular flexibility index (Phi) is 5.78. The van der Waals surface area contributed by atoms with Gasteiger partial charge in [0.15, 0.2) is 0 Å². The van der Waals surface area contributed by atoms with Crippen molar-refractivity contribution in [1.29, 1.82) is 0 Å². The van der Waals surface area contributed by atoms with E-state index < -0.39 is 0 Å². The van der Waals surface area contributed by atoms with Crippen LogP contribution < -0.4 is 4.90 Å². The maximum atomic E-state index is 6.69. The molecule has 0 amide bonds. The van der Waals surface area contributed by atoms with Crippen molar-refractivity contribution in [3.63, 3.8) is 0 Å². The van der Waals surface area contributed by atoms with E-state index in [4.69, 9.17) is 4.42 Å². The highest BCUT2D eigenvalue weighted by Gasteiger charge is 2.21. The molecular formula is C44H27NOS. The van der Waals surface area contributed by atoms with E-state index in [2.05, 4.69) is 169 Å². The first-order valence-corrected chi connectivity index (χ1v) is 16.7. The van der Waals surface area contributed by atoms with E-state index >= 15 is 0 Å². The summed E-state index contributed by atoms with van der Waals surface area (Å²) in [6, 6.07) is 59.0. The summed E-state index contributed by atoms with van der Waals surface area (Å²) in [6.07, 6.45) is 0. The van der Waals surface area contributed by atoms with Crippen molar-refractivity contribution in [3.8, 4) is 11.1 Å². The lowest BCUT2D eigenvalue weighted by Crippen LogP contribution is -2.10. The fraction of sp³-hybridized carbons (Fsp3) is 0. The third kappa shape index (κ3) is 4.04. The van der Waals surface area contributed by atoms with Crippen molar-refractivity contribution < 1.29 is 4.42 Å². The molecule has 2 nitrogen and oxygen atoms in total. The number of hydrogen-bond donors (Lipinski definition) is 0. The second-order valence-corrected chi connectivity index (χ2v) is 13.2. The number of anilines is 3. The Bertz CT molecular complexity index is 2800. The van der Waals surface area contributed by atoms with Gasteiger partial charge in [-0.3, -0.25) is 0 Å². The minimum atomic E-state index is 0.923. The topological polar surface area (TPSA) is 16.4 Å². The lowest BCUT2D eigenvalue weighted by atomic mass is 10.0. The summed E-state index contributed by atoms with van der Waals surface area (Å²) < 4.78 is 9.27. The van der Waals surface area contributed by atoms with Crippen LogP contribution in [0.1, 0.15) is 0 Å². The maximum Gasteiger partial charge on any atom is 0.143 e. The molecule has 0 spiro atoms. The zero-order chi connectivity index (χ0) is 30.9. The molecule has 0 aliphatic carbocycles. The summed E-state index contributed by atoms with van der Waals surface area (Å²) in [6.45, 7) is 0. The van der Waals surface area contributed by atoms with Crippen LogP contribution >= 0.6 is 11.3 Å². The number of nitrogens with zero attached hydrogens (tertiary/aromatic N) is 1. The second-order valence-electron chi connectivity index (χ2n) is 12.1. The van der Waals surface area contributed by atoms with Gasteiger partial charge in [0, 0.05) is 53.0 Å². The number of fused-ring (bicyclic) bond motifs is 9. The van der Waals surface area contributed by atoms with E-state index in [0.717, 1.165) is 49.8 Å². The largest absolute Gasteiger partial charge is 0.455 e. The molecule has 0 bridgehead atoms. The normalized spacial score (nSPS) is 11.8. The van der Waals surface area contributed by atoms with Crippen LogP contribution in [0.5, 0.6) is 0 Å². The summed E-state index contributed by atoms with van der Waals surface area (Å²) in [5.74, 6) is 0. The molecule has 0 fully saturated rings. The van der Waals surface area contributed by atoms with Crippen molar-refractivity contribution in [3.05, 3.63) is 164 Å². The Morgan fingerprint density at radius 2 is 1.02 bits per heavy atom. The van der Waals surface area contributed by atoms with E-state index in [0.29, 0.717) is 0 Å². The summed E-state index contributed by atoms with van der Waals surface area (Å²) in [7, 11) is 0. The molecule has 0 radical (unpaired) electrons. The number of rotatable bonds is 4. The highest BCUT2D eigenvalue weighted by Crippen LogP contribution is 2.47. The number of benzene rings is 8. The molecule has 0 atom stereocenters. The van der Waals surface area contributed by atoms with Gasteiger partial charge in [-0.15, -0.1) is 11.3 Å². The summed E-state index contributed by atoms with van der Waals surface area (Å²) in [5, 5.41) is 9.62. The van der Waals surface area contributed by atoms with Crippen molar-refractivity contribution in [2.24, 2.45) is 0 Å².